The molecule has 2 rings (SSSR count). The molecule has 0 aromatic carbocycles. The fourth-order valence-electron chi connectivity index (χ4n) is 1.48. The molecular formula is C12H14N2OS. The predicted octanol–water partition coefficient (Wildman–Crippen LogP) is 1.34. The molecule has 1 aromatic heterocycles. The van der Waals surface area contributed by atoms with Crippen molar-refractivity contribution in [2.45, 2.75) is 25.3 Å². The fourth-order valence-corrected chi connectivity index (χ4v) is 2.24. The van der Waals surface area contributed by atoms with E-state index in [0.29, 0.717) is 18.2 Å². The van der Waals surface area contributed by atoms with Crippen LogP contribution in [0, 0.1) is 11.8 Å². The molecule has 0 atom stereocenters. The van der Waals surface area contributed by atoms with Crippen LogP contribution in [-0.4, -0.2) is 18.5 Å². The minimum Gasteiger partial charge on any atom is -0.349 e. The number of amides is 1. The molecule has 1 aliphatic rings. The minimum atomic E-state index is 0.0155. The number of rotatable bonds is 2. The van der Waals surface area contributed by atoms with Crippen LogP contribution in [0.5, 0.6) is 0 Å². The highest BCUT2D eigenvalue weighted by Crippen LogP contribution is 2.19. The molecule has 1 aromatic rings. The van der Waals surface area contributed by atoms with Crippen LogP contribution in [0.15, 0.2) is 11.4 Å². The fraction of sp³-hybridized carbons (Fsp3) is 0.417. The first-order valence-corrected chi connectivity index (χ1v) is 6.26. The lowest BCUT2D eigenvalue weighted by Crippen LogP contribution is -2.39. The maximum Gasteiger partial charge on any atom is 0.252 e. The van der Waals surface area contributed by atoms with Crippen LogP contribution in [0.25, 0.3) is 0 Å². The Kier molecular flexibility index (Phi) is 3.60. The van der Waals surface area contributed by atoms with Gasteiger partial charge in [0.1, 0.15) is 0 Å². The summed E-state index contributed by atoms with van der Waals surface area (Å²) >= 11 is 1.48. The van der Waals surface area contributed by atoms with Gasteiger partial charge in [0, 0.05) is 11.4 Å². The van der Waals surface area contributed by atoms with Gasteiger partial charge in [-0.05, 0) is 25.3 Å². The lowest BCUT2D eigenvalue weighted by Gasteiger charge is -2.26. The van der Waals surface area contributed by atoms with E-state index in [2.05, 4.69) is 17.2 Å². The van der Waals surface area contributed by atoms with Crippen molar-refractivity contribution in [2.24, 2.45) is 5.73 Å². The summed E-state index contributed by atoms with van der Waals surface area (Å²) in [6.45, 7) is 0.349. The Morgan fingerprint density at radius 3 is 3.06 bits per heavy atom. The van der Waals surface area contributed by atoms with Gasteiger partial charge in [-0.3, -0.25) is 4.79 Å². The van der Waals surface area contributed by atoms with Crippen LogP contribution in [0.4, 0.5) is 0 Å². The Bertz CT molecular complexity index is 437. The third-order valence-electron chi connectivity index (χ3n) is 2.62. The van der Waals surface area contributed by atoms with Crippen molar-refractivity contribution in [3.05, 3.63) is 21.9 Å². The summed E-state index contributed by atoms with van der Waals surface area (Å²) in [6, 6.07) is 2.20. The molecule has 16 heavy (non-hydrogen) atoms. The first-order chi connectivity index (χ1) is 7.79. The molecule has 1 fully saturated rings. The van der Waals surface area contributed by atoms with Gasteiger partial charge in [-0.2, -0.15) is 0 Å². The summed E-state index contributed by atoms with van der Waals surface area (Å²) in [5, 5.41) is 4.84. The van der Waals surface area contributed by atoms with Crippen molar-refractivity contribution in [3.8, 4) is 11.8 Å². The molecule has 3 N–H and O–H groups in total. The molecule has 84 valence electrons. The van der Waals surface area contributed by atoms with Crippen LogP contribution < -0.4 is 11.1 Å². The average Bonchev–Trinajstić information content (AvgIpc) is 2.69. The van der Waals surface area contributed by atoms with Gasteiger partial charge in [-0.25, -0.2) is 0 Å². The van der Waals surface area contributed by atoms with E-state index in [1.807, 2.05) is 11.4 Å². The first kappa shape index (κ1) is 11.2. The topological polar surface area (TPSA) is 55.1 Å². The van der Waals surface area contributed by atoms with E-state index in [1.54, 1.807) is 0 Å². The van der Waals surface area contributed by atoms with E-state index in [1.165, 1.54) is 17.8 Å². The third kappa shape index (κ3) is 2.63. The molecule has 0 saturated heterocycles. The van der Waals surface area contributed by atoms with Gasteiger partial charge < -0.3 is 11.1 Å². The summed E-state index contributed by atoms with van der Waals surface area (Å²) in [6.07, 6.45) is 3.44. The number of nitrogens with two attached hydrogens (primary N) is 1. The van der Waals surface area contributed by atoms with E-state index in [9.17, 15) is 4.79 Å². The highest BCUT2D eigenvalue weighted by atomic mass is 32.1. The zero-order chi connectivity index (χ0) is 11.4. The summed E-state index contributed by atoms with van der Waals surface area (Å²) in [7, 11) is 0. The number of hydrogen-bond acceptors (Lipinski definition) is 3. The van der Waals surface area contributed by atoms with E-state index < -0.39 is 0 Å². The third-order valence-corrected chi connectivity index (χ3v) is 3.46. The van der Waals surface area contributed by atoms with Gasteiger partial charge in [0.05, 0.1) is 17.0 Å². The SMILES string of the molecule is NCC#Cc1cc(C(=O)NC2CCC2)cs1. The minimum absolute atomic E-state index is 0.0155. The van der Waals surface area contributed by atoms with Crippen LogP contribution >= 0.6 is 11.3 Å². The second kappa shape index (κ2) is 5.15. The van der Waals surface area contributed by atoms with E-state index in [0.717, 1.165) is 17.7 Å². The van der Waals surface area contributed by atoms with Crippen LogP contribution in [-0.2, 0) is 0 Å². The van der Waals surface area contributed by atoms with Crippen LogP contribution in [0.1, 0.15) is 34.5 Å². The second-order valence-corrected chi connectivity index (χ2v) is 4.72. The standard InChI is InChI=1S/C12H14N2OS/c13-6-2-5-11-7-9(8-16-11)12(15)14-10-3-1-4-10/h7-8,10H,1,3-4,6,13H2,(H,14,15). The van der Waals surface area contributed by atoms with Crippen LogP contribution in [0.3, 0.4) is 0 Å². The Hall–Kier alpha value is -1.31. The number of hydrogen-bond donors (Lipinski definition) is 2. The average molecular weight is 234 g/mol. The number of carbonyl (C=O) groups excluding carboxylic acids is 1. The zero-order valence-corrected chi connectivity index (χ0v) is 9.77. The summed E-state index contributed by atoms with van der Waals surface area (Å²) in [5.74, 6) is 5.72. The van der Waals surface area contributed by atoms with Gasteiger partial charge in [0.25, 0.3) is 5.91 Å². The lowest BCUT2D eigenvalue weighted by atomic mass is 9.93. The van der Waals surface area contributed by atoms with Crippen molar-refractivity contribution in [3.63, 3.8) is 0 Å². The summed E-state index contributed by atoms with van der Waals surface area (Å²) in [5.41, 5.74) is 5.99. The quantitative estimate of drug-likeness (QED) is 0.759. The van der Waals surface area contributed by atoms with Crippen molar-refractivity contribution in [1.82, 2.24) is 5.32 Å². The summed E-state index contributed by atoms with van der Waals surface area (Å²) in [4.78, 5) is 12.7. The van der Waals surface area contributed by atoms with Gasteiger partial charge >= 0.3 is 0 Å². The van der Waals surface area contributed by atoms with Gasteiger partial charge in [0.15, 0.2) is 0 Å². The molecule has 3 nitrogen and oxygen atoms in total. The number of carbonyl (C=O) groups is 1. The molecule has 1 saturated carbocycles. The molecule has 0 bridgehead atoms. The molecule has 1 aliphatic carbocycles. The largest absolute Gasteiger partial charge is 0.349 e. The van der Waals surface area contributed by atoms with Gasteiger partial charge in [-0.1, -0.05) is 11.8 Å². The Morgan fingerprint density at radius 1 is 1.62 bits per heavy atom. The molecular weight excluding hydrogens is 220 g/mol. The molecule has 1 amide bonds. The highest BCUT2D eigenvalue weighted by molar-refractivity contribution is 7.10. The smallest absolute Gasteiger partial charge is 0.252 e. The molecule has 0 radical (unpaired) electrons. The van der Waals surface area contributed by atoms with Gasteiger partial charge in [-0.15, -0.1) is 11.3 Å². The Labute approximate surface area is 99.0 Å². The van der Waals surface area contributed by atoms with Crippen molar-refractivity contribution < 1.29 is 4.79 Å². The highest BCUT2D eigenvalue weighted by Gasteiger charge is 2.20. The lowest BCUT2D eigenvalue weighted by molar-refractivity contribution is 0.0917. The van der Waals surface area contributed by atoms with Crippen LogP contribution in [0.2, 0.25) is 0 Å². The molecule has 1 heterocycles. The van der Waals surface area contributed by atoms with Gasteiger partial charge in [0.2, 0.25) is 0 Å². The van der Waals surface area contributed by atoms with Crippen molar-refractivity contribution >= 4 is 17.2 Å². The van der Waals surface area contributed by atoms with E-state index in [-0.39, 0.29) is 5.91 Å². The predicted molar refractivity (Wildman–Crippen MR) is 65.4 cm³/mol. The normalized spacial score (nSPS) is 14.8. The van der Waals surface area contributed by atoms with E-state index >= 15 is 0 Å². The maximum absolute atomic E-state index is 11.8. The Morgan fingerprint density at radius 2 is 2.44 bits per heavy atom. The maximum atomic E-state index is 11.8. The zero-order valence-electron chi connectivity index (χ0n) is 8.95. The summed E-state index contributed by atoms with van der Waals surface area (Å²) < 4.78 is 0. The molecule has 0 spiro atoms. The monoisotopic (exact) mass is 234 g/mol. The first-order valence-electron chi connectivity index (χ1n) is 5.38. The van der Waals surface area contributed by atoms with Crippen molar-refractivity contribution in [1.29, 1.82) is 0 Å². The number of thiophene rings is 1. The van der Waals surface area contributed by atoms with E-state index in [4.69, 9.17) is 5.73 Å². The molecule has 0 unspecified atom stereocenters. The molecule has 4 heteroatoms. The molecule has 0 aliphatic heterocycles. The van der Waals surface area contributed by atoms with Crippen molar-refractivity contribution in [2.75, 3.05) is 6.54 Å². The number of nitrogens with one attached hydrogen (secondary N) is 1. The Balaban J connectivity index is 1.97. The second-order valence-electron chi connectivity index (χ2n) is 3.81.